The van der Waals surface area contributed by atoms with Gasteiger partial charge in [-0.3, -0.25) is 4.79 Å². The van der Waals surface area contributed by atoms with Crippen LogP contribution in [0.2, 0.25) is 0 Å². The summed E-state index contributed by atoms with van der Waals surface area (Å²) in [4.78, 5) is 11.0. The summed E-state index contributed by atoms with van der Waals surface area (Å²) in [7, 11) is 0. The molecular formula is C14H24O2. The highest BCUT2D eigenvalue weighted by Gasteiger charge is 2.05. The van der Waals surface area contributed by atoms with E-state index >= 15 is 0 Å². The topological polar surface area (TPSA) is 37.3 Å². The quantitative estimate of drug-likeness (QED) is 0.457. The zero-order chi connectivity index (χ0) is 12.4. The third kappa shape index (κ3) is 8.42. The van der Waals surface area contributed by atoms with Crippen molar-refractivity contribution in [1.29, 1.82) is 0 Å². The van der Waals surface area contributed by atoms with Crippen LogP contribution in [0.15, 0.2) is 25.3 Å². The Labute approximate surface area is 99.1 Å². The molecule has 0 spiro atoms. The summed E-state index contributed by atoms with van der Waals surface area (Å²) in [6, 6.07) is 0. The molecule has 0 aromatic rings. The lowest BCUT2D eigenvalue weighted by Gasteiger charge is -2.11. The van der Waals surface area contributed by atoms with E-state index in [1.54, 1.807) is 6.08 Å². The first-order valence-electron chi connectivity index (χ1n) is 6.06. The molecule has 0 aromatic heterocycles. The predicted octanol–water partition coefficient (Wildman–Crippen LogP) is 3.27. The Morgan fingerprint density at radius 2 is 1.88 bits per heavy atom. The number of aliphatic hydroxyl groups excluding tert-OH is 1. The molecule has 2 atom stereocenters. The van der Waals surface area contributed by atoms with Gasteiger partial charge in [0.1, 0.15) is 0 Å². The molecule has 0 aromatic carbocycles. The Balaban J connectivity index is 3.44. The van der Waals surface area contributed by atoms with E-state index in [0.29, 0.717) is 12.3 Å². The van der Waals surface area contributed by atoms with E-state index in [1.165, 1.54) is 6.08 Å². The molecule has 1 N–H and O–H groups in total. The molecule has 0 radical (unpaired) electrons. The average Bonchev–Trinajstić information content (AvgIpc) is 2.28. The SMILES string of the molecule is C=CC(=O)CCCC(C)CCCC(O)C=C. The van der Waals surface area contributed by atoms with Crippen LogP contribution in [0.25, 0.3) is 0 Å². The maximum atomic E-state index is 11.0. The number of allylic oxidation sites excluding steroid dienone is 1. The minimum absolute atomic E-state index is 0.134. The second kappa shape index (κ2) is 9.34. The minimum atomic E-state index is -0.366. The van der Waals surface area contributed by atoms with E-state index in [1.807, 2.05) is 0 Å². The van der Waals surface area contributed by atoms with Crippen LogP contribution in [-0.2, 0) is 4.79 Å². The van der Waals surface area contributed by atoms with Crippen molar-refractivity contribution in [1.82, 2.24) is 0 Å². The van der Waals surface area contributed by atoms with Crippen LogP contribution in [0.3, 0.4) is 0 Å². The molecule has 0 aliphatic carbocycles. The van der Waals surface area contributed by atoms with E-state index in [9.17, 15) is 9.90 Å². The van der Waals surface area contributed by atoms with Gasteiger partial charge in [-0.1, -0.05) is 38.8 Å². The smallest absolute Gasteiger partial charge is 0.155 e. The molecule has 0 aliphatic heterocycles. The molecule has 0 saturated carbocycles. The van der Waals surface area contributed by atoms with Crippen LogP contribution in [0.1, 0.15) is 45.4 Å². The number of rotatable bonds is 10. The number of hydrogen-bond donors (Lipinski definition) is 1. The monoisotopic (exact) mass is 224 g/mol. The van der Waals surface area contributed by atoms with Crippen LogP contribution >= 0.6 is 0 Å². The van der Waals surface area contributed by atoms with Gasteiger partial charge in [0.25, 0.3) is 0 Å². The Bertz CT molecular complexity index is 221. The molecular weight excluding hydrogens is 200 g/mol. The maximum absolute atomic E-state index is 11.0. The number of hydrogen-bond acceptors (Lipinski definition) is 2. The first kappa shape index (κ1) is 15.1. The van der Waals surface area contributed by atoms with Crippen molar-refractivity contribution >= 4 is 5.78 Å². The van der Waals surface area contributed by atoms with Crippen molar-refractivity contribution in [3.8, 4) is 0 Å². The Morgan fingerprint density at radius 1 is 1.25 bits per heavy atom. The molecule has 0 fully saturated rings. The zero-order valence-corrected chi connectivity index (χ0v) is 10.3. The van der Waals surface area contributed by atoms with Gasteiger partial charge in [0.15, 0.2) is 5.78 Å². The molecule has 0 rings (SSSR count). The van der Waals surface area contributed by atoms with Crippen LogP contribution < -0.4 is 0 Å². The summed E-state index contributed by atoms with van der Waals surface area (Å²) < 4.78 is 0. The Kier molecular flexibility index (Phi) is 8.82. The minimum Gasteiger partial charge on any atom is -0.389 e. The van der Waals surface area contributed by atoms with Gasteiger partial charge in [-0.2, -0.15) is 0 Å². The maximum Gasteiger partial charge on any atom is 0.155 e. The molecule has 16 heavy (non-hydrogen) atoms. The second-order valence-electron chi connectivity index (χ2n) is 4.40. The highest BCUT2D eigenvalue weighted by Crippen LogP contribution is 2.16. The van der Waals surface area contributed by atoms with Gasteiger partial charge in [0.2, 0.25) is 0 Å². The molecule has 0 saturated heterocycles. The summed E-state index contributed by atoms with van der Waals surface area (Å²) in [6.45, 7) is 9.18. The van der Waals surface area contributed by atoms with Crippen LogP contribution in [0, 0.1) is 5.92 Å². The number of carbonyl (C=O) groups is 1. The third-order valence-electron chi connectivity index (χ3n) is 2.82. The molecule has 0 heterocycles. The summed E-state index contributed by atoms with van der Waals surface area (Å²) in [5, 5.41) is 9.28. The fourth-order valence-electron chi connectivity index (χ4n) is 1.66. The Morgan fingerprint density at radius 3 is 2.44 bits per heavy atom. The molecule has 0 aliphatic rings. The molecule has 2 heteroatoms. The normalized spacial score (nSPS) is 14.1. The standard InChI is InChI=1S/C14H24O2/c1-4-13(15)10-6-8-12(3)9-7-11-14(16)5-2/h4-5,12-13,15H,1-2,6-11H2,3H3. The molecule has 0 bridgehead atoms. The molecule has 0 amide bonds. The van der Waals surface area contributed by atoms with Crippen molar-refractivity contribution in [2.45, 2.75) is 51.6 Å². The van der Waals surface area contributed by atoms with Crippen LogP contribution in [0.4, 0.5) is 0 Å². The second-order valence-corrected chi connectivity index (χ2v) is 4.40. The van der Waals surface area contributed by atoms with Crippen molar-refractivity contribution in [3.05, 3.63) is 25.3 Å². The van der Waals surface area contributed by atoms with Gasteiger partial charge in [0.05, 0.1) is 6.10 Å². The van der Waals surface area contributed by atoms with Gasteiger partial charge < -0.3 is 5.11 Å². The van der Waals surface area contributed by atoms with E-state index in [-0.39, 0.29) is 11.9 Å². The lowest BCUT2D eigenvalue weighted by atomic mass is 9.96. The number of aliphatic hydroxyl groups is 1. The first-order valence-corrected chi connectivity index (χ1v) is 6.06. The lowest BCUT2D eigenvalue weighted by Crippen LogP contribution is -2.03. The van der Waals surface area contributed by atoms with E-state index in [0.717, 1.165) is 32.1 Å². The number of carbonyl (C=O) groups excluding carboxylic acids is 1. The fraction of sp³-hybridized carbons (Fsp3) is 0.643. The zero-order valence-electron chi connectivity index (χ0n) is 10.3. The molecule has 92 valence electrons. The largest absolute Gasteiger partial charge is 0.389 e. The van der Waals surface area contributed by atoms with Gasteiger partial charge >= 0.3 is 0 Å². The van der Waals surface area contributed by atoms with E-state index in [2.05, 4.69) is 20.1 Å². The van der Waals surface area contributed by atoms with E-state index in [4.69, 9.17) is 0 Å². The summed E-state index contributed by atoms with van der Waals surface area (Å²) in [5.41, 5.74) is 0. The Hall–Kier alpha value is -0.890. The summed E-state index contributed by atoms with van der Waals surface area (Å²) >= 11 is 0. The first-order chi connectivity index (χ1) is 7.60. The van der Waals surface area contributed by atoms with Crippen LogP contribution in [0.5, 0.6) is 0 Å². The van der Waals surface area contributed by atoms with Gasteiger partial charge in [-0.05, 0) is 24.8 Å². The van der Waals surface area contributed by atoms with Crippen LogP contribution in [-0.4, -0.2) is 17.0 Å². The third-order valence-corrected chi connectivity index (χ3v) is 2.82. The van der Waals surface area contributed by atoms with E-state index < -0.39 is 0 Å². The highest BCUT2D eigenvalue weighted by atomic mass is 16.3. The molecule has 2 unspecified atom stereocenters. The van der Waals surface area contributed by atoms with Crippen molar-refractivity contribution < 1.29 is 9.90 Å². The van der Waals surface area contributed by atoms with Crippen molar-refractivity contribution in [2.75, 3.05) is 0 Å². The fourth-order valence-corrected chi connectivity index (χ4v) is 1.66. The summed E-state index contributed by atoms with van der Waals surface area (Å²) in [6.07, 6.45) is 8.15. The lowest BCUT2D eigenvalue weighted by molar-refractivity contribution is -0.114. The molecule has 2 nitrogen and oxygen atoms in total. The van der Waals surface area contributed by atoms with Gasteiger partial charge in [-0.25, -0.2) is 0 Å². The predicted molar refractivity (Wildman–Crippen MR) is 68.3 cm³/mol. The van der Waals surface area contributed by atoms with Crippen molar-refractivity contribution in [2.24, 2.45) is 5.92 Å². The average molecular weight is 224 g/mol. The van der Waals surface area contributed by atoms with Gasteiger partial charge in [-0.15, -0.1) is 6.58 Å². The number of ketones is 1. The summed E-state index contributed by atoms with van der Waals surface area (Å²) in [5.74, 6) is 0.754. The van der Waals surface area contributed by atoms with Crippen molar-refractivity contribution in [3.63, 3.8) is 0 Å². The highest BCUT2D eigenvalue weighted by molar-refractivity contribution is 5.88. The van der Waals surface area contributed by atoms with Gasteiger partial charge in [0, 0.05) is 6.42 Å².